The van der Waals surface area contributed by atoms with E-state index in [-0.39, 0.29) is 17.2 Å². The van der Waals surface area contributed by atoms with Crippen molar-refractivity contribution in [3.63, 3.8) is 0 Å². The van der Waals surface area contributed by atoms with Crippen LogP contribution in [0.15, 0.2) is 9.78 Å². The van der Waals surface area contributed by atoms with Crippen LogP contribution in [0.25, 0.3) is 0 Å². The summed E-state index contributed by atoms with van der Waals surface area (Å²) in [5.41, 5.74) is 5.80. The molecule has 54 valence electrons. The van der Waals surface area contributed by atoms with E-state index in [2.05, 4.69) is 20.1 Å². The molecule has 6 heteroatoms. The zero-order valence-electron chi connectivity index (χ0n) is 5.27. The first-order valence-electron chi connectivity index (χ1n) is 2.52. The van der Waals surface area contributed by atoms with E-state index >= 15 is 0 Å². The predicted molar refractivity (Wildman–Crippen MR) is 32.7 cm³/mol. The van der Waals surface area contributed by atoms with Gasteiger partial charge in [-0.15, -0.1) is 0 Å². The fourth-order valence-corrected chi connectivity index (χ4v) is 0.494. The summed E-state index contributed by atoms with van der Waals surface area (Å²) >= 11 is 0. The summed E-state index contributed by atoms with van der Waals surface area (Å²) in [6.45, 7) is 1.54. The van der Waals surface area contributed by atoms with Gasteiger partial charge in [-0.2, -0.15) is 0 Å². The molecule has 0 saturated heterocycles. The highest BCUT2D eigenvalue weighted by molar-refractivity contribution is 5.99. The number of oxime groups is 1. The first-order chi connectivity index (χ1) is 4.75. The van der Waals surface area contributed by atoms with Gasteiger partial charge in [0.15, 0.2) is 11.5 Å². The van der Waals surface area contributed by atoms with Crippen molar-refractivity contribution in [2.75, 3.05) is 5.73 Å². The highest BCUT2D eigenvalue weighted by atomic mass is 16.6. The molecule has 3 N–H and O–H groups in total. The molecule has 0 fully saturated rings. The maximum atomic E-state index is 8.25. The number of hydrogen-bond acceptors (Lipinski definition) is 6. The first kappa shape index (κ1) is 6.53. The molecule has 0 radical (unpaired) electrons. The standard InChI is InChI=1S/C4H6N4O2/c1-2(6-9)3-4(5)8-10-7-3/h9H,1H3,(H2,5,8)/b6-2-. The summed E-state index contributed by atoms with van der Waals surface area (Å²) in [6, 6.07) is 0. The minimum absolute atomic E-state index is 0.121. The molecule has 1 aromatic heterocycles. The fraction of sp³-hybridized carbons (Fsp3) is 0.250. The molecule has 0 aliphatic heterocycles. The molecular weight excluding hydrogens is 136 g/mol. The third kappa shape index (κ3) is 0.903. The molecular formula is C4H6N4O2. The summed E-state index contributed by atoms with van der Waals surface area (Å²) in [4.78, 5) is 0. The van der Waals surface area contributed by atoms with Crippen LogP contribution >= 0.6 is 0 Å². The van der Waals surface area contributed by atoms with Gasteiger partial charge >= 0.3 is 0 Å². The van der Waals surface area contributed by atoms with Crippen molar-refractivity contribution in [3.05, 3.63) is 5.69 Å². The monoisotopic (exact) mass is 142 g/mol. The highest BCUT2D eigenvalue weighted by Crippen LogP contribution is 2.04. The van der Waals surface area contributed by atoms with Crippen molar-refractivity contribution >= 4 is 11.5 Å². The van der Waals surface area contributed by atoms with E-state index in [1.807, 2.05) is 0 Å². The van der Waals surface area contributed by atoms with Crippen LogP contribution in [0, 0.1) is 0 Å². The van der Waals surface area contributed by atoms with Crippen LogP contribution in [0.5, 0.6) is 0 Å². The van der Waals surface area contributed by atoms with Crippen LogP contribution in [-0.2, 0) is 0 Å². The zero-order valence-corrected chi connectivity index (χ0v) is 5.27. The lowest BCUT2D eigenvalue weighted by atomic mass is 10.3. The van der Waals surface area contributed by atoms with Crippen LogP contribution in [0.1, 0.15) is 12.6 Å². The van der Waals surface area contributed by atoms with Crippen molar-refractivity contribution in [3.8, 4) is 0 Å². The van der Waals surface area contributed by atoms with Gasteiger partial charge in [0.05, 0.1) is 0 Å². The molecule has 10 heavy (non-hydrogen) atoms. The minimum atomic E-state index is 0.121. The summed E-state index contributed by atoms with van der Waals surface area (Å²) in [5.74, 6) is 0.121. The lowest BCUT2D eigenvalue weighted by Crippen LogP contribution is -1.99. The van der Waals surface area contributed by atoms with Crippen LogP contribution in [0.4, 0.5) is 5.82 Å². The van der Waals surface area contributed by atoms with Gasteiger partial charge in [0, 0.05) is 0 Å². The van der Waals surface area contributed by atoms with Gasteiger partial charge in [-0.05, 0) is 17.2 Å². The van der Waals surface area contributed by atoms with E-state index < -0.39 is 0 Å². The maximum absolute atomic E-state index is 8.25. The lowest BCUT2D eigenvalue weighted by molar-refractivity contribution is 0.305. The van der Waals surface area contributed by atoms with E-state index in [1.54, 1.807) is 0 Å². The average Bonchev–Trinajstić information content (AvgIpc) is 2.34. The van der Waals surface area contributed by atoms with Gasteiger partial charge in [-0.25, -0.2) is 4.63 Å². The van der Waals surface area contributed by atoms with Crippen molar-refractivity contribution < 1.29 is 9.84 Å². The van der Waals surface area contributed by atoms with Gasteiger partial charge in [-0.3, -0.25) is 0 Å². The Balaban J connectivity index is 3.05. The average molecular weight is 142 g/mol. The molecule has 0 atom stereocenters. The van der Waals surface area contributed by atoms with E-state index in [9.17, 15) is 0 Å². The van der Waals surface area contributed by atoms with Gasteiger partial charge in [-0.1, -0.05) is 5.16 Å². The second-order valence-electron chi connectivity index (χ2n) is 1.68. The lowest BCUT2D eigenvalue weighted by Gasteiger charge is -1.87. The summed E-state index contributed by atoms with van der Waals surface area (Å²) in [7, 11) is 0. The Labute approximate surface area is 56.3 Å². The minimum Gasteiger partial charge on any atom is -0.411 e. The zero-order chi connectivity index (χ0) is 7.56. The van der Waals surface area contributed by atoms with E-state index in [4.69, 9.17) is 10.9 Å². The molecule has 1 aromatic rings. The number of nitrogen functional groups attached to an aromatic ring is 1. The van der Waals surface area contributed by atoms with Gasteiger partial charge in [0.25, 0.3) is 0 Å². The summed E-state index contributed by atoms with van der Waals surface area (Å²) in [5, 5.41) is 17.8. The van der Waals surface area contributed by atoms with E-state index in [1.165, 1.54) is 6.92 Å². The van der Waals surface area contributed by atoms with Crippen LogP contribution in [0.3, 0.4) is 0 Å². The topological polar surface area (TPSA) is 97.5 Å². The Morgan fingerprint density at radius 2 is 2.40 bits per heavy atom. The summed E-state index contributed by atoms with van der Waals surface area (Å²) in [6.07, 6.45) is 0. The van der Waals surface area contributed by atoms with E-state index in [0.29, 0.717) is 0 Å². The second kappa shape index (κ2) is 2.34. The number of rotatable bonds is 1. The predicted octanol–water partition coefficient (Wildman–Crippen LogP) is -0.150. The van der Waals surface area contributed by atoms with Gasteiger partial charge in [0.1, 0.15) is 5.71 Å². The number of aromatic nitrogens is 2. The molecule has 0 unspecified atom stereocenters. The van der Waals surface area contributed by atoms with Crippen molar-refractivity contribution in [1.29, 1.82) is 0 Å². The SMILES string of the molecule is C/C(=N/O)c1nonc1N. The van der Waals surface area contributed by atoms with Crippen molar-refractivity contribution in [2.45, 2.75) is 6.92 Å². The number of nitrogens with zero attached hydrogens (tertiary/aromatic N) is 3. The molecule has 0 aliphatic rings. The van der Waals surface area contributed by atoms with Gasteiger partial charge < -0.3 is 10.9 Å². The third-order valence-corrected chi connectivity index (χ3v) is 1.01. The molecule has 0 amide bonds. The Kier molecular flexibility index (Phi) is 1.53. The Morgan fingerprint density at radius 1 is 1.70 bits per heavy atom. The smallest absolute Gasteiger partial charge is 0.197 e. The van der Waals surface area contributed by atoms with Crippen LogP contribution < -0.4 is 5.73 Å². The largest absolute Gasteiger partial charge is 0.411 e. The normalized spacial score (nSPS) is 11.9. The third-order valence-electron chi connectivity index (χ3n) is 1.01. The quantitative estimate of drug-likeness (QED) is 0.323. The maximum Gasteiger partial charge on any atom is 0.197 e. The second-order valence-corrected chi connectivity index (χ2v) is 1.68. The molecule has 6 nitrogen and oxygen atoms in total. The van der Waals surface area contributed by atoms with Crippen molar-refractivity contribution in [2.24, 2.45) is 5.16 Å². The Morgan fingerprint density at radius 3 is 2.80 bits per heavy atom. The number of hydrogen-bond donors (Lipinski definition) is 2. The molecule has 0 spiro atoms. The fourth-order valence-electron chi connectivity index (χ4n) is 0.494. The van der Waals surface area contributed by atoms with Crippen molar-refractivity contribution in [1.82, 2.24) is 10.3 Å². The number of nitrogens with two attached hydrogens (primary N) is 1. The molecule has 0 aliphatic carbocycles. The molecule has 1 heterocycles. The molecule has 0 bridgehead atoms. The van der Waals surface area contributed by atoms with Crippen LogP contribution in [-0.4, -0.2) is 21.2 Å². The highest BCUT2D eigenvalue weighted by Gasteiger charge is 2.08. The summed E-state index contributed by atoms with van der Waals surface area (Å²) < 4.78 is 4.25. The molecule has 0 aromatic carbocycles. The van der Waals surface area contributed by atoms with E-state index in [0.717, 1.165) is 0 Å². The Bertz CT molecular complexity index is 254. The Hall–Kier alpha value is -1.59. The first-order valence-corrected chi connectivity index (χ1v) is 2.52. The molecule has 0 saturated carbocycles. The number of anilines is 1. The van der Waals surface area contributed by atoms with Gasteiger partial charge in [0.2, 0.25) is 0 Å². The molecule has 1 rings (SSSR count). The van der Waals surface area contributed by atoms with Crippen LogP contribution in [0.2, 0.25) is 0 Å².